The van der Waals surface area contributed by atoms with Gasteiger partial charge in [-0.05, 0) is 27.2 Å². The smallest absolute Gasteiger partial charge is 0.310 e. The van der Waals surface area contributed by atoms with Gasteiger partial charge in [0.1, 0.15) is 5.60 Å². The van der Waals surface area contributed by atoms with Crippen molar-refractivity contribution in [2.75, 3.05) is 13.1 Å². The third-order valence-electron chi connectivity index (χ3n) is 1.96. The summed E-state index contributed by atoms with van der Waals surface area (Å²) < 4.78 is 5.25. The zero-order valence-electron chi connectivity index (χ0n) is 8.54. The van der Waals surface area contributed by atoms with E-state index in [0.29, 0.717) is 6.54 Å². The predicted octanol–water partition coefficient (Wildman–Crippen LogP) is 0.524. The average Bonchev–Trinajstić information content (AvgIpc) is 2.31. The number of carbonyl (C=O) groups excluding carboxylic acids is 1. The minimum absolute atomic E-state index is 0.0378. The second kappa shape index (κ2) is 3.64. The van der Waals surface area contributed by atoms with Crippen LogP contribution in [0, 0.1) is 5.92 Å². The normalized spacial score (nSPS) is 24.8. The molecule has 1 heterocycles. The number of rotatable bonds is 1. The van der Waals surface area contributed by atoms with Crippen LogP contribution in [0.25, 0.3) is 0 Å². The Hall–Kier alpha value is -0.610. The van der Waals surface area contributed by atoms with Crippen LogP contribution in [0.1, 0.15) is 27.2 Å². The zero-order chi connectivity index (χ0) is 10.1. The first-order valence-electron chi connectivity index (χ1n) is 4.61. The van der Waals surface area contributed by atoms with E-state index in [-0.39, 0.29) is 17.5 Å². The fourth-order valence-electron chi connectivity index (χ4n) is 1.36. The van der Waals surface area contributed by atoms with E-state index in [9.17, 15) is 4.79 Å². The minimum atomic E-state index is -0.390. The summed E-state index contributed by atoms with van der Waals surface area (Å²) in [6.45, 7) is 7.03. The number of ether oxygens (including phenoxy) is 1. The van der Waals surface area contributed by atoms with Crippen LogP contribution in [0.2, 0.25) is 0 Å². The van der Waals surface area contributed by atoms with Crippen LogP contribution < -0.4 is 5.84 Å². The lowest BCUT2D eigenvalue weighted by atomic mass is 10.1. The van der Waals surface area contributed by atoms with E-state index in [4.69, 9.17) is 10.6 Å². The van der Waals surface area contributed by atoms with E-state index in [1.54, 1.807) is 5.01 Å². The lowest BCUT2D eigenvalue weighted by Crippen LogP contribution is -2.32. The van der Waals surface area contributed by atoms with Crippen molar-refractivity contribution in [3.63, 3.8) is 0 Å². The minimum Gasteiger partial charge on any atom is -0.460 e. The molecule has 0 spiro atoms. The van der Waals surface area contributed by atoms with Gasteiger partial charge < -0.3 is 4.74 Å². The molecule has 76 valence electrons. The molecule has 1 rings (SSSR count). The van der Waals surface area contributed by atoms with E-state index in [0.717, 1.165) is 13.0 Å². The molecule has 1 atom stereocenters. The Morgan fingerprint density at radius 3 is 2.54 bits per heavy atom. The highest BCUT2D eigenvalue weighted by Gasteiger charge is 2.30. The summed E-state index contributed by atoms with van der Waals surface area (Å²) >= 11 is 0. The number of nitrogens with two attached hydrogens (primary N) is 1. The van der Waals surface area contributed by atoms with Crippen LogP contribution in [0.5, 0.6) is 0 Å². The molecule has 0 amide bonds. The molecular weight excluding hydrogens is 168 g/mol. The lowest BCUT2D eigenvalue weighted by molar-refractivity contribution is -0.159. The Kier molecular flexibility index (Phi) is 2.93. The molecule has 1 saturated heterocycles. The van der Waals surface area contributed by atoms with Gasteiger partial charge in [-0.15, -0.1) is 0 Å². The number of hydrazine groups is 1. The highest BCUT2D eigenvalue weighted by Crippen LogP contribution is 2.18. The van der Waals surface area contributed by atoms with Gasteiger partial charge in [0.2, 0.25) is 0 Å². The van der Waals surface area contributed by atoms with E-state index < -0.39 is 0 Å². The van der Waals surface area contributed by atoms with Gasteiger partial charge in [-0.3, -0.25) is 10.6 Å². The number of hydrogen-bond acceptors (Lipinski definition) is 4. The Morgan fingerprint density at radius 2 is 2.15 bits per heavy atom. The molecule has 0 bridgehead atoms. The Bertz CT molecular complexity index is 198. The quantitative estimate of drug-likeness (QED) is 0.479. The maximum Gasteiger partial charge on any atom is 0.310 e. The highest BCUT2D eigenvalue weighted by atomic mass is 16.6. The number of nitrogens with zero attached hydrogens (tertiary/aromatic N) is 1. The molecule has 1 aliphatic rings. The van der Waals surface area contributed by atoms with Gasteiger partial charge in [0.05, 0.1) is 5.92 Å². The second-order valence-corrected chi connectivity index (χ2v) is 4.51. The van der Waals surface area contributed by atoms with Crippen molar-refractivity contribution in [2.24, 2.45) is 11.8 Å². The third kappa shape index (κ3) is 3.32. The van der Waals surface area contributed by atoms with E-state index in [1.807, 2.05) is 20.8 Å². The van der Waals surface area contributed by atoms with Crippen LogP contribution in [0.15, 0.2) is 0 Å². The number of carbonyl (C=O) groups is 1. The molecule has 0 aliphatic carbocycles. The number of esters is 1. The molecule has 1 aliphatic heterocycles. The van der Waals surface area contributed by atoms with E-state index in [1.165, 1.54) is 0 Å². The maximum atomic E-state index is 11.5. The van der Waals surface area contributed by atoms with Crippen molar-refractivity contribution in [3.05, 3.63) is 0 Å². The Labute approximate surface area is 79.0 Å². The van der Waals surface area contributed by atoms with E-state index >= 15 is 0 Å². The van der Waals surface area contributed by atoms with Crippen LogP contribution >= 0.6 is 0 Å². The fourth-order valence-corrected chi connectivity index (χ4v) is 1.36. The van der Waals surface area contributed by atoms with Gasteiger partial charge in [0.25, 0.3) is 0 Å². The topological polar surface area (TPSA) is 55.6 Å². The Balaban J connectivity index is 2.41. The maximum absolute atomic E-state index is 11.5. The van der Waals surface area contributed by atoms with Crippen LogP contribution in [0.4, 0.5) is 0 Å². The summed E-state index contributed by atoms with van der Waals surface area (Å²) in [6, 6.07) is 0. The average molecular weight is 186 g/mol. The SMILES string of the molecule is CC(C)(C)OC(=O)C1CCN(N)C1. The second-order valence-electron chi connectivity index (χ2n) is 4.51. The van der Waals surface area contributed by atoms with Crippen molar-refractivity contribution in [2.45, 2.75) is 32.8 Å². The van der Waals surface area contributed by atoms with Gasteiger partial charge in [-0.1, -0.05) is 0 Å². The van der Waals surface area contributed by atoms with Crippen molar-refractivity contribution >= 4 is 5.97 Å². The summed E-state index contributed by atoms with van der Waals surface area (Å²) in [6.07, 6.45) is 0.811. The van der Waals surface area contributed by atoms with Crippen LogP contribution in [0.3, 0.4) is 0 Å². The lowest BCUT2D eigenvalue weighted by Gasteiger charge is -2.21. The molecule has 4 heteroatoms. The van der Waals surface area contributed by atoms with Gasteiger partial charge in [0.15, 0.2) is 0 Å². The molecule has 1 unspecified atom stereocenters. The third-order valence-corrected chi connectivity index (χ3v) is 1.96. The molecule has 0 radical (unpaired) electrons. The standard InChI is InChI=1S/C9H18N2O2/c1-9(2,3)13-8(12)7-4-5-11(10)6-7/h7H,4-6,10H2,1-3H3. The molecule has 2 N–H and O–H groups in total. The largest absolute Gasteiger partial charge is 0.460 e. The summed E-state index contributed by atoms with van der Waals surface area (Å²) in [7, 11) is 0. The molecule has 0 aromatic carbocycles. The first kappa shape index (κ1) is 10.5. The van der Waals surface area contributed by atoms with Crippen molar-refractivity contribution in [1.82, 2.24) is 5.01 Å². The van der Waals surface area contributed by atoms with Crippen LogP contribution in [-0.4, -0.2) is 29.7 Å². The summed E-state index contributed by atoms with van der Waals surface area (Å²) in [4.78, 5) is 11.5. The summed E-state index contributed by atoms with van der Waals surface area (Å²) in [5, 5.41) is 1.66. The van der Waals surface area contributed by atoms with Gasteiger partial charge in [-0.2, -0.15) is 0 Å². The van der Waals surface area contributed by atoms with Gasteiger partial charge >= 0.3 is 5.97 Å². The molecule has 13 heavy (non-hydrogen) atoms. The molecule has 0 saturated carbocycles. The van der Waals surface area contributed by atoms with E-state index in [2.05, 4.69) is 0 Å². The molecular formula is C9H18N2O2. The van der Waals surface area contributed by atoms with Gasteiger partial charge in [-0.25, -0.2) is 5.01 Å². The molecule has 1 fully saturated rings. The molecule has 0 aromatic heterocycles. The first-order chi connectivity index (χ1) is 5.88. The monoisotopic (exact) mass is 186 g/mol. The summed E-state index contributed by atoms with van der Waals surface area (Å²) in [5.41, 5.74) is -0.390. The molecule has 4 nitrogen and oxygen atoms in total. The van der Waals surface area contributed by atoms with Crippen molar-refractivity contribution in [3.8, 4) is 0 Å². The molecule has 0 aromatic rings. The fraction of sp³-hybridized carbons (Fsp3) is 0.889. The first-order valence-corrected chi connectivity index (χ1v) is 4.61. The summed E-state index contributed by atoms with van der Waals surface area (Å²) in [5.74, 6) is 5.39. The Morgan fingerprint density at radius 1 is 1.54 bits per heavy atom. The zero-order valence-corrected chi connectivity index (χ0v) is 8.54. The predicted molar refractivity (Wildman–Crippen MR) is 49.7 cm³/mol. The van der Waals surface area contributed by atoms with Crippen molar-refractivity contribution < 1.29 is 9.53 Å². The van der Waals surface area contributed by atoms with Crippen molar-refractivity contribution in [1.29, 1.82) is 0 Å². The van der Waals surface area contributed by atoms with Crippen LogP contribution in [-0.2, 0) is 9.53 Å². The van der Waals surface area contributed by atoms with Gasteiger partial charge in [0, 0.05) is 13.1 Å². The number of hydrogen-bond donors (Lipinski definition) is 1. The highest BCUT2D eigenvalue weighted by molar-refractivity contribution is 5.73.